The fourth-order valence-corrected chi connectivity index (χ4v) is 5.69. The topological polar surface area (TPSA) is 61.9 Å². The van der Waals surface area contributed by atoms with Gasteiger partial charge in [-0.3, -0.25) is 0 Å². The Balaban J connectivity index is 2.31. The van der Waals surface area contributed by atoms with E-state index in [1.165, 1.54) is 22.0 Å². The van der Waals surface area contributed by atoms with E-state index in [2.05, 4.69) is 5.10 Å². The van der Waals surface area contributed by atoms with Crippen LogP contribution in [0.15, 0.2) is 41.5 Å². The first-order chi connectivity index (χ1) is 15.1. The number of thioether (sulfide) groups is 1. The van der Waals surface area contributed by atoms with Crippen molar-refractivity contribution in [2.45, 2.75) is 31.6 Å². The van der Waals surface area contributed by atoms with Crippen LogP contribution < -0.4 is 5.73 Å². The van der Waals surface area contributed by atoms with Gasteiger partial charge in [0.1, 0.15) is 27.4 Å². The normalized spacial score (nSPS) is 19.1. The summed E-state index contributed by atoms with van der Waals surface area (Å²) in [5, 5.41) is 5.92. The minimum Gasteiger partial charge on any atom is -0.330 e. The van der Waals surface area contributed by atoms with Crippen molar-refractivity contribution < 1.29 is 18.0 Å². The average Bonchev–Trinajstić information content (AvgIpc) is 3.15. The van der Waals surface area contributed by atoms with Crippen LogP contribution in [0.25, 0.3) is 0 Å². The van der Waals surface area contributed by atoms with Crippen LogP contribution in [0.5, 0.6) is 0 Å². The Bertz CT molecular complexity index is 1050. The number of carbonyl (C=O) groups excluding carboxylic acids is 1. The number of urea groups is 1. The van der Waals surface area contributed by atoms with Crippen LogP contribution in [0.1, 0.15) is 36.5 Å². The van der Waals surface area contributed by atoms with Gasteiger partial charge >= 0.3 is 6.03 Å². The number of aryl methyl sites for hydroxylation is 1. The number of carbonyl (C=O) groups is 1. The van der Waals surface area contributed by atoms with Gasteiger partial charge in [-0.1, -0.05) is 24.8 Å². The van der Waals surface area contributed by atoms with Crippen molar-refractivity contribution in [3.8, 4) is 0 Å². The molecule has 172 valence electrons. The molecule has 0 fully saturated rings. The Hall–Kier alpha value is -2.52. The molecule has 3 rings (SSSR count). The van der Waals surface area contributed by atoms with E-state index in [1.54, 1.807) is 20.2 Å². The van der Waals surface area contributed by atoms with Crippen molar-refractivity contribution in [2.75, 3.05) is 20.6 Å². The smallest absolute Gasteiger partial charge is 0.330 e. The van der Waals surface area contributed by atoms with Gasteiger partial charge in [0.2, 0.25) is 0 Å². The quantitative estimate of drug-likeness (QED) is 0.652. The first kappa shape index (κ1) is 24.1. The van der Waals surface area contributed by atoms with E-state index < -0.39 is 28.4 Å². The summed E-state index contributed by atoms with van der Waals surface area (Å²) in [6, 6.07) is 7.02. The predicted octanol–water partition coefficient (Wildman–Crippen LogP) is 5.03. The van der Waals surface area contributed by atoms with Gasteiger partial charge in [0.05, 0.1) is 0 Å². The summed E-state index contributed by atoms with van der Waals surface area (Å²) in [5.74, 6) is -1.98. The van der Waals surface area contributed by atoms with E-state index in [-0.39, 0.29) is 16.5 Å². The Morgan fingerprint density at radius 3 is 2.47 bits per heavy atom. The molecule has 2 aromatic rings. The number of rotatable bonds is 6. The van der Waals surface area contributed by atoms with E-state index in [1.807, 2.05) is 13.8 Å². The Labute approximate surface area is 190 Å². The molecule has 2 N–H and O–H groups in total. The number of hydrogen-bond acceptors (Lipinski definition) is 4. The van der Waals surface area contributed by atoms with Crippen molar-refractivity contribution in [3.05, 3.63) is 70.5 Å². The van der Waals surface area contributed by atoms with Crippen molar-refractivity contribution in [1.82, 2.24) is 9.91 Å². The van der Waals surface area contributed by atoms with Crippen LogP contribution in [0, 0.1) is 30.3 Å². The predicted molar refractivity (Wildman–Crippen MR) is 122 cm³/mol. The maximum Gasteiger partial charge on any atom is 0.341 e. The summed E-state index contributed by atoms with van der Waals surface area (Å²) in [6.45, 7) is 4.12. The van der Waals surface area contributed by atoms with Gasteiger partial charge in [-0.25, -0.2) is 18.0 Å². The number of nitrogens with two attached hydrogens (primary N) is 1. The van der Waals surface area contributed by atoms with Crippen LogP contribution in [-0.4, -0.2) is 41.6 Å². The van der Waals surface area contributed by atoms with Gasteiger partial charge < -0.3 is 10.6 Å². The number of nitrogens with zero attached hydrogens (tertiary/aromatic N) is 3. The highest BCUT2D eigenvalue weighted by Crippen LogP contribution is 2.55. The third-order valence-electron chi connectivity index (χ3n) is 5.63. The van der Waals surface area contributed by atoms with E-state index in [9.17, 15) is 18.0 Å². The largest absolute Gasteiger partial charge is 0.341 e. The highest BCUT2D eigenvalue weighted by Gasteiger charge is 2.54. The van der Waals surface area contributed by atoms with Crippen LogP contribution >= 0.6 is 11.8 Å². The standard InChI is InChI=1S/C23H27F3N4OS/c1-5-15(10-11-27)23(19-13-17(25)7-6-14(19)2)30(22(31)29(3)4)28-21(32-23)18-12-16(24)8-9-20(18)26/h6-9,12-13,15H,5,10-11,27H2,1-4H3/t15-,23?/m1/s1. The number of amides is 2. The van der Waals surface area contributed by atoms with Crippen LogP contribution in [-0.2, 0) is 4.87 Å². The molecule has 0 aliphatic carbocycles. The van der Waals surface area contributed by atoms with Crippen molar-refractivity contribution in [1.29, 1.82) is 0 Å². The molecule has 2 amide bonds. The van der Waals surface area contributed by atoms with Gasteiger partial charge in [0.25, 0.3) is 0 Å². The molecule has 1 unspecified atom stereocenters. The molecule has 2 aromatic carbocycles. The summed E-state index contributed by atoms with van der Waals surface area (Å²) in [4.78, 5) is 13.5. The molecular formula is C23H27F3N4OS. The maximum absolute atomic E-state index is 14.7. The molecule has 0 bridgehead atoms. The second kappa shape index (κ2) is 9.54. The first-order valence-corrected chi connectivity index (χ1v) is 11.2. The van der Waals surface area contributed by atoms with Gasteiger partial charge in [-0.2, -0.15) is 10.1 Å². The lowest BCUT2D eigenvalue weighted by Gasteiger charge is -2.43. The number of hydrogen-bond donors (Lipinski definition) is 1. The van der Waals surface area contributed by atoms with Crippen LogP contribution in [0.4, 0.5) is 18.0 Å². The molecular weight excluding hydrogens is 437 g/mol. The molecule has 1 heterocycles. The molecule has 0 spiro atoms. The van der Waals surface area contributed by atoms with Crippen molar-refractivity contribution in [2.24, 2.45) is 16.8 Å². The lowest BCUT2D eigenvalue weighted by Crippen LogP contribution is -2.50. The monoisotopic (exact) mass is 464 g/mol. The lowest BCUT2D eigenvalue weighted by molar-refractivity contribution is 0.108. The third-order valence-corrected chi connectivity index (χ3v) is 7.16. The molecule has 9 heteroatoms. The van der Waals surface area contributed by atoms with Gasteiger partial charge in [0.15, 0.2) is 0 Å². The van der Waals surface area contributed by atoms with E-state index >= 15 is 0 Å². The van der Waals surface area contributed by atoms with Crippen molar-refractivity contribution >= 4 is 22.8 Å². The molecule has 0 saturated carbocycles. The highest BCUT2D eigenvalue weighted by atomic mass is 32.2. The SMILES string of the molecule is CC[C@H](CCN)C1(c2cc(F)ccc2C)SC(c2cc(F)ccc2F)=NN1C(=O)N(C)C. The fourth-order valence-electron chi connectivity index (χ4n) is 4.02. The van der Waals surface area contributed by atoms with Gasteiger partial charge in [-0.05, 0) is 73.7 Å². The average molecular weight is 465 g/mol. The second-order valence-corrected chi connectivity index (χ2v) is 9.17. The molecule has 32 heavy (non-hydrogen) atoms. The highest BCUT2D eigenvalue weighted by molar-refractivity contribution is 8.15. The Kier molecular flexibility index (Phi) is 7.19. The summed E-state index contributed by atoms with van der Waals surface area (Å²) < 4.78 is 43.1. The zero-order chi connectivity index (χ0) is 23.6. The third kappa shape index (κ3) is 4.23. The van der Waals surface area contributed by atoms with Gasteiger partial charge in [-0.15, -0.1) is 0 Å². The molecule has 1 aliphatic rings. The number of halogens is 3. The van der Waals surface area contributed by atoms with E-state index in [0.717, 1.165) is 35.5 Å². The van der Waals surface area contributed by atoms with E-state index in [0.29, 0.717) is 24.9 Å². The minimum atomic E-state index is -1.18. The Morgan fingerprint density at radius 2 is 1.84 bits per heavy atom. The number of benzene rings is 2. The lowest BCUT2D eigenvalue weighted by atomic mass is 9.85. The second-order valence-electron chi connectivity index (χ2n) is 7.96. The van der Waals surface area contributed by atoms with Crippen LogP contribution in [0.3, 0.4) is 0 Å². The summed E-state index contributed by atoms with van der Waals surface area (Å²) in [6.07, 6.45) is 1.12. The zero-order valence-corrected chi connectivity index (χ0v) is 19.3. The van der Waals surface area contributed by atoms with Gasteiger partial charge in [0, 0.05) is 19.7 Å². The minimum absolute atomic E-state index is 0.0508. The fraction of sp³-hybridized carbons (Fsp3) is 0.391. The Morgan fingerprint density at radius 1 is 1.19 bits per heavy atom. The molecule has 2 atom stereocenters. The number of hydrazone groups is 1. The maximum atomic E-state index is 14.7. The molecule has 0 saturated heterocycles. The van der Waals surface area contributed by atoms with Crippen molar-refractivity contribution in [3.63, 3.8) is 0 Å². The zero-order valence-electron chi connectivity index (χ0n) is 18.5. The van der Waals surface area contributed by atoms with E-state index in [4.69, 9.17) is 5.73 Å². The summed E-state index contributed by atoms with van der Waals surface area (Å²) in [7, 11) is 3.16. The molecule has 0 aromatic heterocycles. The van der Waals surface area contributed by atoms with Crippen LogP contribution in [0.2, 0.25) is 0 Å². The molecule has 0 radical (unpaired) electrons. The summed E-state index contributed by atoms with van der Waals surface area (Å²) in [5.41, 5.74) is 7.16. The molecule has 1 aliphatic heterocycles. The molecule has 5 nitrogen and oxygen atoms in total. The summed E-state index contributed by atoms with van der Waals surface area (Å²) >= 11 is 1.14. The first-order valence-electron chi connectivity index (χ1n) is 10.4.